The molecule has 0 N–H and O–H groups in total. The number of hydrogen-bond donors (Lipinski definition) is 0. The average molecular weight is 330 g/mol. The van der Waals surface area contributed by atoms with Crippen LogP contribution in [0.15, 0.2) is 45.7 Å². The van der Waals surface area contributed by atoms with Gasteiger partial charge in [0.25, 0.3) is 0 Å². The highest BCUT2D eigenvalue weighted by Crippen LogP contribution is 2.47. The third kappa shape index (κ3) is 3.16. The van der Waals surface area contributed by atoms with E-state index in [9.17, 15) is 8.42 Å². The van der Waals surface area contributed by atoms with Gasteiger partial charge in [0.2, 0.25) is 10.0 Å². The highest BCUT2D eigenvalue weighted by molar-refractivity contribution is 7.89. The molecule has 1 heterocycles. The van der Waals surface area contributed by atoms with Crippen LogP contribution < -0.4 is 0 Å². The van der Waals surface area contributed by atoms with Crippen molar-refractivity contribution in [3.8, 4) is 6.07 Å². The topological polar surface area (TPSA) is 74.3 Å². The van der Waals surface area contributed by atoms with Gasteiger partial charge < -0.3 is 4.42 Å². The van der Waals surface area contributed by atoms with Crippen molar-refractivity contribution in [1.29, 1.82) is 5.26 Å². The monoisotopic (exact) mass is 330 g/mol. The summed E-state index contributed by atoms with van der Waals surface area (Å²) in [6.07, 6.45) is 1.13. The zero-order chi connectivity index (χ0) is 16.6. The van der Waals surface area contributed by atoms with Crippen LogP contribution >= 0.6 is 0 Å². The molecule has 0 amide bonds. The lowest BCUT2D eigenvalue weighted by atomic mass is 10.2. The smallest absolute Gasteiger partial charge is 0.243 e. The molecule has 1 aliphatic rings. The summed E-state index contributed by atoms with van der Waals surface area (Å²) < 4.78 is 32.2. The van der Waals surface area contributed by atoms with Crippen molar-refractivity contribution in [2.45, 2.75) is 30.7 Å². The van der Waals surface area contributed by atoms with Crippen LogP contribution in [0.4, 0.5) is 0 Å². The molecule has 1 saturated carbocycles. The predicted molar refractivity (Wildman–Crippen MR) is 85.0 cm³/mol. The average Bonchev–Trinajstić information content (AvgIpc) is 3.09. The van der Waals surface area contributed by atoms with E-state index in [1.165, 1.54) is 23.5 Å². The second kappa shape index (κ2) is 5.84. The highest BCUT2D eigenvalue weighted by atomic mass is 32.2. The van der Waals surface area contributed by atoms with Crippen molar-refractivity contribution in [2.75, 3.05) is 7.05 Å². The summed E-state index contributed by atoms with van der Waals surface area (Å²) in [7, 11) is -2.14. The van der Waals surface area contributed by atoms with E-state index in [1.54, 1.807) is 12.1 Å². The van der Waals surface area contributed by atoms with Gasteiger partial charge in [0, 0.05) is 13.0 Å². The number of nitrogens with zero attached hydrogens (tertiary/aromatic N) is 2. The SMILES string of the molecule is C[C@@H]1C[C@@H]1c1ccc(CN(C)S(=O)(=O)c2cccc(C#N)c2)o1. The summed E-state index contributed by atoms with van der Waals surface area (Å²) in [6.45, 7) is 2.34. The molecule has 0 aliphatic heterocycles. The second-order valence-corrected chi connectivity index (χ2v) is 8.07. The van der Waals surface area contributed by atoms with E-state index >= 15 is 0 Å². The molecule has 23 heavy (non-hydrogen) atoms. The minimum absolute atomic E-state index is 0.113. The van der Waals surface area contributed by atoms with Gasteiger partial charge in [-0.15, -0.1) is 0 Å². The molecule has 2 atom stereocenters. The van der Waals surface area contributed by atoms with Crippen LogP contribution in [0.1, 0.15) is 36.3 Å². The van der Waals surface area contributed by atoms with Gasteiger partial charge >= 0.3 is 0 Å². The maximum atomic E-state index is 12.6. The predicted octanol–water partition coefficient (Wildman–Crippen LogP) is 3.10. The number of rotatable bonds is 5. The van der Waals surface area contributed by atoms with Gasteiger partial charge in [-0.25, -0.2) is 8.42 Å². The number of hydrogen-bond acceptors (Lipinski definition) is 4. The normalized spacial score (nSPS) is 20.4. The van der Waals surface area contributed by atoms with Crippen LogP contribution in [0, 0.1) is 17.2 Å². The first-order valence-corrected chi connectivity index (χ1v) is 8.91. The van der Waals surface area contributed by atoms with Crippen molar-refractivity contribution < 1.29 is 12.8 Å². The third-order valence-electron chi connectivity index (χ3n) is 4.21. The van der Waals surface area contributed by atoms with E-state index in [4.69, 9.17) is 9.68 Å². The first kappa shape index (κ1) is 15.8. The van der Waals surface area contributed by atoms with Crippen molar-refractivity contribution in [3.63, 3.8) is 0 Å². The molecule has 5 nitrogen and oxygen atoms in total. The third-order valence-corrected chi connectivity index (χ3v) is 6.01. The molecule has 1 fully saturated rings. The number of furan rings is 1. The number of nitriles is 1. The molecule has 1 aromatic carbocycles. The molecule has 3 rings (SSSR count). The summed E-state index contributed by atoms with van der Waals surface area (Å²) in [6, 6.07) is 11.7. The summed E-state index contributed by atoms with van der Waals surface area (Å²) in [5.41, 5.74) is 0.322. The maximum absolute atomic E-state index is 12.6. The van der Waals surface area contributed by atoms with Gasteiger partial charge in [0.1, 0.15) is 11.5 Å². The summed E-state index contributed by atoms with van der Waals surface area (Å²) >= 11 is 0. The van der Waals surface area contributed by atoms with Gasteiger partial charge in [0.15, 0.2) is 0 Å². The summed E-state index contributed by atoms with van der Waals surface area (Å²) in [4.78, 5) is 0.113. The standard InChI is InChI=1S/C17H18N2O3S/c1-12-8-16(12)17-7-6-14(22-17)11-19(2)23(20,21)15-5-3-4-13(9-15)10-18/h3-7,9,12,16H,8,11H2,1-2H3/t12-,16+/m1/s1. The van der Waals surface area contributed by atoms with Gasteiger partial charge in [-0.3, -0.25) is 0 Å². The van der Waals surface area contributed by atoms with Crippen LogP contribution in [-0.4, -0.2) is 19.8 Å². The lowest BCUT2D eigenvalue weighted by Gasteiger charge is -2.16. The fourth-order valence-corrected chi connectivity index (χ4v) is 3.79. The fourth-order valence-electron chi connectivity index (χ4n) is 2.61. The zero-order valence-corrected chi connectivity index (χ0v) is 13.9. The molecular formula is C17H18N2O3S. The Morgan fingerprint density at radius 1 is 1.35 bits per heavy atom. The highest BCUT2D eigenvalue weighted by Gasteiger charge is 2.36. The van der Waals surface area contributed by atoms with Crippen molar-refractivity contribution in [2.24, 2.45) is 5.92 Å². The molecule has 2 aromatic rings. The summed E-state index contributed by atoms with van der Waals surface area (Å²) in [5, 5.41) is 8.91. The van der Waals surface area contributed by atoms with Crippen LogP contribution in [0.2, 0.25) is 0 Å². The Balaban J connectivity index is 1.77. The Kier molecular flexibility index (Phi) is 4.00. The van der Waals surface area contributed by atoms with E-state index in [2.05, 4.69) is 6.92 Å². The van der Waals surface area contributed by atoms with Gasteiger partial charge in [-0.1, -0.05) is 13.0 Å². The van der Waals surface area contributed by atoms with E-state index in [-0.39, 0.29) is 11.4 Å². The molecule has 1 aromatic heterocycles. The van der Waals surface area contributed by atoms with Crippen LogP contribution in [0.25, 0.3) is 0 Å². The second-order valence-electron chi connectivity index (χ2n) is 6.02. The van der Waals surface area contributed by atoms with E-state index in [0.29, 0.717) is 23.2 Å². The molecule has 120 valence electrons. The van der Waals surface area contributed by atoms with E-state index in [0.717, 1.165) is 12.2 Å². The quantitative estimate of drug-likeness (QED) is 0.844. The van der Waals surface area contributed by atoms with Crippen LogP contribution in [0.5, 0.6) is 0 Å². The largest absolute Gasteiger partial charge is 0.464 e. The molecular weight excluding hydrogens is 312 g/mol. The van der Waals surface area contributed by atoms with Gasteiger partial charge in [-0.05, 0) is 42.7 Å². The Bertz CT molecular complexity index is 864. The first-order chi connectivity index (χ1) is 10.9. The molecule has 0 spiro atoms. The van der Waals surface area contributed by atoms with Gasteiger partial charge in [0.05, 0.1) is 23.1 Å². The zero-order valence-electron chi connectivity index (χ0n) is 13.1. The van der Waals surface area contributed by atoms with Crippen LogP contribution in [0.3, 0.4) is 0 Å². The molecule has 0 radical (unpaired) electrons. The Morgan fingerprint density at radius 3 is 2.74 bits per heavy atom. The molecule has 0 saturated heterocycles. The fraction of sp³-hybridized carbons (Fsp3) is 0.353. The van der Waals surface area contributed by atoms with Crippen molar-refractivity contribution in [3.05, 3.63) is 53.5 Å². The number of benzene rings is 1. The Hall–Kier alpha value is -2.10. The lowest BCUT2D eigenvalue weighted by molar-refractivity contribution is 0.390. The molecule has 0 bridgehead atoms. The summed E-state index contributed by atoms with van der Waals surface area (Å²) in [5.74, 6) is 2.67. The van der Waals surface area contributed by atoms with E-state index in [1.807, 2.05) is 18.2 Å². The van der Waals surface area contributed by atoms with Crippen molar-refractivity contribution >= 4 is 10.0 Å². The van der Waals surface area contributed by atoms with E-state index < -0.39 is 10.0 Å². The molecule has 0 unspecified atom stereocenters. The Morgan fingerprint density at radius 2 is 2.09 bits per heavy atom. The molecule has 1 aliphatic carbocycles. The first-order valence-electron chi connectivity index (χ1n) is 7.47. The minimum Gasteiger partial charge on any atom is -0.464 e. The van der Waals surface area contributed by atoms with Crippen molar-refractivity contribution in [1.82, 2.24) is 4.31 Å². The lowest BCUT2D eigenvalue weighted by Crippen LogP contribution is -2.26. The van der Waals surface area contributed by atoms with Crippen LogP contribution in [-0.2, 0) is 16.6 Å². The maximum Gasteiger partial charge on any atom is 0.243 e. The minimum atomic E-state index is -3.65. The molecule has 6 heteroatoms. The Labute approximate surface area is 136 Å². The van der Waals surface area contributed by atoms with Gasteiger partial charge in [-0.2, -0.15) is 9.57 Å². The number of sulfonamides is 1.